The van der Waals surface area contributed by atoms with Crippen molar-refractivity contribution < 1.29 is 0 Å². The third-order valence-electron chi connectivity index (χ3n) is 2.78. The lowest BCUT2D eigenvalue weighted by atomic mass is 9.63. The average Bonchev–Trinajstić information content (AvgIpc) is 1.80. The van der Waals surface area contributed by atoms with Crippen LogP contribution in [0.25, 0.3) is 0 Å². The van der Waals surface area contributed by atoms with Gasteiger partial charge in [-0.3, -0.25) is 0 Å². The summed E-state index contributed by atoms with van der Waals surface area (Å²) in [4.78, 5) is 0. The molecule has 0 bridgehead atoms. The highest BCUT2D eigenvalue weighted by Gasteiger charge is 2.34. The van der Waals surface area contributed by atoms with Gasteiger partial charge in [0.15, 0.2) is 0 Å². The number of rotatable bonds is 0. The summed E-state index contributed by atoms with van der Waals surface area (Å²) in [6, 6.07) is 0. The summed E-state index contributed by atoms with van der Waals surface area (Å²) in [5, 5.41) is 0. The molecule has 70 valence electrons. The lowest BCUT2D eigenvalue weighted by Gasteiger charge is -2.42. The molecule has 12 heavy (non-hydrogen) atoms. The molecule has 0 aromatic heterocycles. The maximum absolute atomic E-state index is 2.39. The molecule has 0 spiro atoms. The maximum atomic E-state index is 2.39. The Labute approximate surface area is 77.1 Å². The van der Waals surface area contributed by atoms with Crippen molar-refractivity contribution in [3.63, 3.8) is 0 Å². The van der Waals surface area contributed by atoms with Crippen LogP contribution in [0.5, 0.6) is 0 Å². The highest BCUT2D eigenvalue weighted by Crippen LogP contribution is 2.47. The molecule has 0 nitrogen and oxygen atoms in total. The molecule has 1 fully saturated rings. The second-order valence-electron chi connectivity index (χ2n) is 5.81. The number of hydrogen-bond acceptors (Lipinski definition) is 0. The van der Waals surface area contributed by atoms with Crippen molar-refractivity contribution in [2.45, 2.75) is 53.9 Å². The van der Waals surface area contributed by atoms with E-state index in [2.05, 4.69) is 40.7 Å². The van der Waals surface area contributed by atoms with E-state index in [1.165, 1.54) is 19.3 Å². The first-order valence-electron chi connectivity index (χ1n) is 4.99. The zero-order valence-electron chi connectivity index (χ0n) is 9.20. The number of allylic oxidation sites excluding steroid dienone is 2. The van der Waals surface area contributed by atoms with Gasteiger partial charge >= 0.3 is 0 Å². The molecular formula is C12H22. The molecule has 0 heteroatoms. The van der Waals surface area contributed by atoms with E-state index in [1.54, 1.807) is 5.57 Å². The van der Waals surface area contributed by atoms with Gasteiger partial charge in [0.2, 0.25) is 0 Å². The Morgan fingerprint density at radius 2 is 1.42 bits per heavy atom. The fourth-order valence-corrected chi connectivity index (χ4v) is 2.92. The van der Waals surface area contributed by atoms with Crippen LogP contribution < -0.4 is 0 Å². The summed E-state index contributed by atoms with van der Waals surface area (Å²) in [6.45, 7) is 11.7. The Kier molecular flexibility index (Phi) is 2.38. The fourth-order valence-electron chi connectivity index (χ4n) is 2.92. The summed E-state index contributed by atoms with van der Waals surface area (Å²) in [7, 11) is 0. The van der Waals surface area contributed by atoms with Gasteiger partial charge in [-0.15, -0.1) is 0 Å². The summed E-state index contributed by atoms with van der Waals surface area (Å²) in [5.41, 5.74) is 2.68. The Morgan fingerprint density at radius 1 is 1.00 bits per heavy atom. The monoisotopic (exact) mass is 166 g/mol. The molecule has 1 rings (SSSR count). The van der Waals surface area contributed by atoms with E-state index < -0.39 is 0 Å². The van der Waals surface area contributed by atoms with E-state index in [0.29, 0.717) is 10.8 Å². The second-order valence-corrected chi connectivity index (χ2v) is 5.81. The van der Waals surface area contributed by atoms with Crippen LogP contribution in [0.15, 0.2) is 11.6 Å². The SMILES string of the molecule is CC=C1CC(C)(C)CC(C)(C)C1. The van der Waals surface area contributed by atoms with E-state index in [0.717, 1.165) is 0 Å². The third kappa shape index (κ3) is 2.36. The van der Waals surface area contributed by atoms with Crippen molar-refractivity contribution in [2.24, 2.45) is 10.8 Å². The van der Waals surface area contributed by atoms with E-state index in [4.69, 9.17) is 0 Å². The van der Waals surface area contributed by atoms with Crippen molar-refractivity contribution in [3.05, 3.63) is 11.6 Å². The minimum atomic E-state index is 0.517. The predicted molar refractivity (Wildman–Crippen MR) is 55.2 cm³/mol. The van der Waals surface area contributed by atoms with Gasteiger partial charge in [0, 0.05) is 0 Å². The van der Waals surface area contributed by atoms with Crippen molar-refractivity contribution >= 4 is 0 Å². The van der Waals surface area contributed by atoms with Crippen LogP contribution in [0.1, 0.15) is 53.9 Å². The van der Waals surface area contributed by atoms with E-state index in [9.17, 15) is 0 Å². The summed E-state index contributed by atoms with van der Waals surface area (Å²) < 4.78 is 0. The predicted octanol–water partition coefficient (Wildman–Crippen LogP) is 4.17. The average molecular weight is 166 g/mol. The Morgan fingerprint density at radius 3 is 1.75 bits per heavy atom. The van der Waals surface area contributed by atoms with Gasteiger partial charge in [0.1, 0.15) is 0 Å². The van der Waals surface area contributed by atoms with Crippen molar-refractivity contribution in [1.29, 1.82) is 0 Å². The zero-order valence-corrected chi connectivity index (χ0v) is 9.20. The van der Waals surface area contributed by atoms with Crippen molar-refractivity contribution in [3.8, 4) is 0 Å². The first kappa shape index (κ1) is 9.83. The fraction of sp³-hybridized carbons (Fsp3) is 0.833. The summed E-state index contributed by atoms with van der Waals surface area (Å²) in [6.07, 6.45) is 6.26. The Balaban J connectivity index is 2.80. The summed E-state index contributed by atoms with van der Waals surface area (Å²) in [5.74, 6) is 0. The van der Waals surface area contributed by atoms with Gasteiger partial charge in [-0.05, 0) is 37.0 Å². The molecule has 1 aliphatic rings. The van der Waals surface area contributed by atoms with Crippen LogP contribution >= 0.6 is 0 Å². The third-order valence-corrected chi connectivity index (χ3v) is 2.78. The first-order chi connectivity index (χ1) is 5.35. The maximum Gasteiger partial charge on any atom is -0.0268 e. The van der Waals surface area contributed by atoms with Crippen LogP contribution in [0.4, 0.5) is 0 Å². The highest BCUT2D eigenvalue weighted by atomic mass is 14.4. The molecular weight excluding hydrogens is 144 g/mol. The van der Waals surface area contributed by atoms with Crippen molar-refractivity contribution in [1.82, 2.24) is 0 Å². The Hall–Kier alpha value is -0.260. The van der Waals surface area contributed by atoms with Crippen LogP contribution in [0.3, 0.4) is 0 Å². The second kappa shape index (κ2) is 2.90. The largest absolute Gasteiger partial charge is 0.0884 e. The molecule has 0 N–H and O–H groups in total. The van der Waals surface area contributed by atoms with E-state index in [-0.39, 0.29) is 0 Å². The van der Waals surface area contributed by atoms with Gasteiger partial charge in [0.05, 0.1) is 0 Å². The van der Waals surface area contributed by atoms with Crippen LogP contribution in [-0.2, 0) is 0 Å². The minimum absolute atomic E-state index is 0.517. The van der Waals surface area contributed by atoms with Crippen LogP contribution in [0, 0.1) is 10.8 Å². The molecule has 0 heterocycles. The van der Waals surface area contributed by atoms with Crippen LogP contribution in [0.2, 0.25) is 0 Å². The van der Waals surface area contributed by atoms with Gasteiger partial charge in [-0.2, -0.15) is 0 Å². The van der Waals surface area contributed by atoms with Crippen molar-refractivity contribution in [2.75, 3.05) is 0 Å². The normalized spacial score (nSPS) is 26.9. The molecule has 0 atom stereocenters. The van der Waals surface area contributed by atoms with E-state index >= 15 is 0 Å². The molecule has 0 saturated heterocycles. The zero-order chi connectivity index (χ0) is 9.41. The smallest absolute Gasteiger partial charge is 0.0268 e. The lowest BCUT2D eigenvalue weighted by Crippen LogP contribution is -2.29. The molecule has 0 aromatic carbocycles. The molecule has 0 radical (unpaired) electrons. The molecule has 0 amide bonds. The summed E-state index contributed by atoms with van der Waals surface area (Å²) >= 11 is 0. The Bertz CT molecular complexity index is 176. The van der Waals surface area contributed by atoms with Gasteiger partial charge in [-0.1, -0.05) is 39.3 Å². The quantitative estimate of drug-likeness (QED) is 0.474. The lowest BCUT2D eigenvalue weighted by molar-refractivity contribution is 0.154. The van der Waals surface area contributed by atoms with E-state index in [1.807, 2.05) is 0 Å². The molecule has 0 aliphatic heterocycles. The van der Waals surface area contributed by atoms with Gasteiger partial charge < -0.3 is 0 Å². The molecule has 0 aromatic rings. The van der Waals surface area contributed by atoms with Crippen LogP contribution in [-0.4, -0.2) is 0 Å². The number of hydrogen-bond donors (Lipinski definition) is 0. The first-order valence-corrected chi connectivity index (χ1v) is 4.99. The topological polar surface area (TPSA) is 0 Å². The molecule has 1 aliphatic carbocycles. The van der Waals surface area contributed by atoms with Gasteiger partial charge in [0.25, 0.3) is 0 Å². The molecule has 0 unspecified atom stereocenters. The molecule has 1 saturated carbocycles. The van der Waals surface area contributed by atoms with Gasteiger partial charge in [-0.25, -0.2) is 0 Å². The highest BCUT2D eigenvalue weighted by molar-refractivity contribution is 5.11. The standard InChI is InChI=1S/C12H22/c1-6-10-7-11(2,3)9-12(4,5)8-10/h6H,7-9H2,1-5H3. The minimum Gasteiger partial charge on any atom is -0.0884 e.